The number of nitrogens with one attached hydrogen (secondary N) is 1. The predicted molar refractivity (Wildman–Crippen MR) is 100 cm³/mol. The predicted octanol–water partition coefficient (Wildman–Crippen LogP) is 2.45. The van der Waals surface area contributed by atoms with Crippen LogP contribution < -0.4 is 5.32 Å². The number of ether oxygens (including phenoxy) is 2. The number of nitrogens with zero attached hydrogens (tertiary/aromatic N) is 1. The second-order valence-electron chi connectivity index (χ2n) is 7.94. The van der Waals surface area contributed by atoms with Gasteiger partial charge in [-0.25, -0.2) is 0 Å². The van der Waals surface area contributed by atoms with Gasteiger partial charge in [-0.05, 0) is 50.0 Å². The van der Waals surface area contributed by atoms with E-state index < -0.39 is 0 Å². The summed E-state index contributed by atoms with van der Waals surface area (Å²) in [6, 6.07) is 8.28. The van der Waals surface area contributed by atoms with Crippen molar-refractivity contribution in [3.8, 4) is 0 Å². The van der Waals surface area contributed by atoms with Crippen molar-refractivity contribution in [3.05, 3.63) is 35.4 Å². The molecule has 0 radical (unpaired) electrons. The molecule has 0 bridgehead atoms. The Morgan fingerprint density at radius 1 is 1.23 bits per heavy atom. The Morgan fingerprint density at radius 3 is 2.73 bits per heavy atom. The van der Waals surface area contributed by atoms with Crippen LogP contribution in [0.15, 0.2) is 24.3 Å². The van der Waals surface area contributed by atoms with Crippen LogP contribution in [-0.2, 0) is 16.0 Å². The molecular formula is C21H30N2O3. The molecule has 1 aliphatic carbocycles. The van der Waals surface area contributed by atoms with Crippen LogP contribution in [-0.4, -0.2) is 56.4 Å². The molecule has 2 saturated heterocycles. The lowest BCUT2D eigenvalue weighted by atomic mass is 9.67. The van der Waals surface area contributed by atoms with E-state index in [0.29, 0.717) is 12.5 Å². The molecule has 3 fully saturated rings. The standard InChI is InChI=1S/C21H30N2O3/c1-25-14-18-19(17-9-12-26-20(17)18)22-21(24)16-7-5-15(6-8-16)13-23-10-3-2-4-11-23/h5-8,17-20H,2-4,9-14H2,1H3,(H,22,24)/t17-,18+,19-,20-/m1/s1. The third-order valence-electron chi connectivity index (χ3n) is 6.26. The summed E-state index contributed by atoms with van der Waals surface area (Å²) in [6.45, 7) is 4.81. The van der Waals surface area contributed by atoms with Crippen molar-refractivity contribution < 1.29 is 14.3 Å². The molecule has 1 N–H and O–H groups in total. The zero-order chi connectivity index (χ0) is 17.9. The molecule has 142 valence electrons. The van der Waals surface area contributed by atoms with Crippen molar-refractivity contribution in [2.75, 3.05) is 33.4 Å². The number of methoxy groups -OCH3 is 1. The molecule has 5 heteroatoms. The normalized spacial score (nSPS) is 31.3. The molecule has 0 aromatic heterocycles. The second kappa shape index (κ2) is 8.07. The van der Waals surface area contributed by atoms with Gasteiger partial charge in [0.25, 0.3) is 5.91 Å². The van der Waals surface area contributed by atoms with Crippen molar-refractivity contribution in [1.82, 2.24) is 10.2 Å². The summed E-state index contributed by atoms with van der Waals surface area (Å²) in [4.78, 5) is 15.2. The van der Waals surface area contributed by atoms with Crippen LogP contribution in [0.4, 0.5) is 0 Å². The van der Waals surface area contributed by atoms with Gasteiger partial charge in [0.15, 0.2) is 0 Å². The van der Waals surface area contributed by atoms with E-state index in [1.807, 2.05) is 12.1 Å². The van der Waals surface area contributed by atoms with Gasteiger partial charge in [0.05, 0.1) is 12.7 Å². The summed E-state index contributed by atoms with van der Waals surface area (Å²) in [5.41, 5.74) is 2.03. The number of carbonyl (C=O) groups excluding carboxylic acids is 1. The molecule has 26 heavy (non-hydrogen) atoms. The fourth-order valence-corrected chi connectivity index (χ4v) is 4.81. The highest BCUT2D eigenvalue weighted by Crippen LogP contribution is 2.43. The Hall–Kier alpha value is -1.43. The zero-order valence-electron chi connectivity index (χ0n) is 15.7. The van der Waals surface area contributed by atoms with Gasteiger partial charge in [-0.15, -0.1) is 0 Å². The van der Waals surface area contributed by atoms with Gasteiger partial charge in [0, 0.05) is 43.7 Å². The minimum absolute atomic E-state index is 0.0194. The number of fused-ring (bicyclic) bond motifs is 1. The van der Waals surface area contributed by atoms with Crippen molar-refractivity contribution in [2.45, 2.75) is 44.4 Å². The summed E-state index contributed by atoms with van der Waals surface area (Å²) in [5, 5.41) is 3.23. The number of piperidine rings is 1. The Bertz CT molecular complexity index is 612. The fourth-order valence-electron chi connectivity index (χ4n) is 4.81. The number of likely N-dealkylation sites (tertiary alicyclic amines) is 1. The third-order valence-corrected chi connectivity index (χ3v) is 6.26. The van der Waals surface area contributed by atoms with Crippen LogP contribution in [0.1, 0.15) is 41.6 Å². The van der Waals surface area contributed by atoms with Gasteiger partial charge in [-0.3, -0.25) is 9.69 Å². The number of hydrogen-bond acceptors (Lipinski definition) is 4. The van der Waals surface area contributed by atoms with E-state index in [-0.39, 0.29) is 24.0 Å². The summed E-state index contributed by atoms with van der Waals surface area (Å²) in [6.07, 6.45) is 5.25. The molecule has 5 nitrogen and oxygen atoms in total. The SMILES string of the molecule is COC[C@H]1[C@H](NC(=O)c2ccc(CN3CCCCC3)cc2)[C@H]2CCO[C@H]21. The minimum Gasteiger partial charge on any atom is -0.384 e. The number of benzene rings is 1. The average Bonchev–Trinajstić information content (AvgIpc) is 3.10. The molecule has 0 spiro atoms. The molecule has 1 aromatic carbocycles. The molecule has 2 aliphatic heterocycles. The van der Waals surface area contributed by atoms with E-state index in [1.54, 1.807) is 7.11 Å². The summed E-state index contributed by atoms with van der Waals surface area (Å²) >= 11 is 0. The van der Waals surface area contributed by atoms with Gasteiger partial charge >= 0.3 is 0 Å². The molecule has 4 rings (SSSR count). The Balaban J connectivity index is 1.34. The molecule has 3 aliphatic rings. The summed E-state index contributed by atoms with van der Waals surface area (Å²) in [5.74, 6) is 0.735. The Labute approximate surface area is 156 Å². The van der Waals surface area contributed by atoms with E-state index in [1.165, 1.54) is 37.9 Å². The zero-order valence-corrected chi connectivity index (χ0v) is 15.7. The smallest absolute Gasteiger partial charge is 0.251 e. The molecular weight excluding hydrogens is 328 g/mol. The molecule has 2 heterocycles. The average molecular weight is 358 g/mol. The summed E-state index contributed by atoms with van der Waals surface area (Å²) in [7, 11) is 1.71. The largest absolute Gasteiger partial charge is 0.384 e. The van der Waals surface area contributed by atoms with E-state index in [0.717, 1.165) is 25.1 Å². The lowest BCUT2D eigenvalue weighted by Crippen LogP contribution is -2.62. The second-order valence-corrected chi connectivity index (χ2v) is 7.94. The molecule has 0 unspecified atom stereocenters. The van der Waals surface area contributed by atoms with Crippen LogP contribution in [0.25, 0.3) is 0 Å². The molecule has 1 amide bonds. The van der Waals surface area contributed by atoms with E-state index >= 15 is 0 Å². The number of carbonyl (C=O) groups is 1. The van der Waals surface area contributed by atoms with Crippen molar-refractivity contribution in [1.29, 1.82) is 0 Å². The van der Waals surface area contributed by atoms with E-state index in [2.05, 4.69) is 22.3 Å². The van der Waals surface area contributed by atoms with Gasteiger partial charge in [-0.2, -0.15) is 0 Å². The van der Waals surface area contributed by atoms with E-state index in [9.17, 15) is 4.79 Å². The molecule has 4 atom stereocenters. The molecule has 1 aromatic rings. The van der Waals surface area contributed by atoms with Crippen LogP contribution in [0.3, 0.4) is 0 Å². The lowest BCUT2D eigenvalue weighted by Gasteiger charge is -2.47. The maximum Gasteiger partial charge on any atom is 0.251 e. The van der Waals surface area contributed by atoms with Gasteiger partial charge in [0.2, 0.25) is 0 Å². The Kier molecular flexibility index (Phi) is 5.57. The van der Waals surface area contributed by atoms with Crippen LogP contribution in [0.2, 0.25) is 0 Å². The topological polar surface area (TPSA) is 50.8 Å². The van der Waals surface area contributed by atoms with Gasteiger partial charge in [-0.1, -0.05) is 18.6 Å². The first-order valence-electron chi connectivity index (χ1n) is 9.99. The maximum absolute atomic E-state index is 12.7. The summed E-state index contributed by atoms with van der Waals surface area (Å²) < 4.78 is 11.1. The quantitative estimate of drug-likeness (QED) is 0.849. The van der Waals surface area contributed by atoms with Gasteiger partial charge in [0.1, 0.15) is 0 Å². The van der Waals surface area contributed by atoms with Gasteiger partial charge < -0.3 is 14.8 Å². The van der Waals surface area contributed by atoms with E-state index in [4.69, 9.17) is 9.47 Å². The maximum atomic E-state index is 12.7. The molecule has 1 saturated carbocycles. The van der Waals surface area contributed by atoms with Crippen molar-refractivity contribution in [3.63, 3.8) is 0 Å². The van der Waals surface area contributed by atoms with Crippen molar-refractivity contribution in [2.24, 2.45) is 11.8 Å². The Morgan fingerprint density at radius 2 is 2.00 bits per heavy atom. The first-order valence-corrected chi connectivity index (χ1v) is 9.99. The first kappa shape index (κ1) is 18.0. The number of rotatable bonds is 6. The third kappa shape index (κ3) is 3.66. The fraction of sp³-hybridized carbons (Fsp3) is 0.667. The van der Waals surface area contributed by atoms with Crippen LogP contribution in [0, 0.1) is 11.8 Å². The van der Waals surface area contributed by atoms with Crippen LogP contribution >= 0.6 is 0 Å². The monoisotopic (exact) mass is 358 g/mol. The van der Waals surface area contributed by atoms with Crippen molar-refractivity contribution >= 4 is 5.91 Å². The highest BCUT2D eigenvalue weighted by molar-refractivity contribution is 5.94. The number of amides is 1. The minimum atomic E-state index is 0.0194. The lowest BCUT2D eigenvalue weighted by molar-refractivity contribution is -0.0809. The highest BCUT2D eigenvalue weighted by atomic mass is 16.5. The van der Waals surface area contributed by atoms with Crippen LogP contribution in [0.5, 0.6) is 0 Å². The first-order chi connectivity index (χ1) is 12.8. The number of hydrogen-bond donors (Lipinski definition) is 1. The highest BCUT2D eigenvalue weighted by Gasteiger charge is 2.54.